The quantitative estimate of drug-likeness (QED) is 0.629. The molecule has 3 aliphatic carbocycles. The maximum absolute atomic E-state index is 10.7. The van der Waals surface area contributed by atoms with Gasteiger partial charge in [-0.3, -0.25) is 0 Å². The zero-order valence-corrected chi connectivity index (χ0v) is 19.8. The van der Waals surface area contributed by atoms with E-state index < -0.39 is 26.6 Å². The van der Waals surface area contributed by atoms with Crippen molar-refractivity contribution in [3.05, 3.63) is 29.3 Å². The van der Waals surface area contributed by atoms with Crippen LogP contribution in [0.2, 0.25) is 18.1 Å². The van der Waals surface area contributed by atoms with Gasteiger partial charge in [0.2, 0.25) is 8.32 Å². The van der Waals surface area contributed by atoms with Gasteiger partial charge in [0, 0.05) is 5.41 Å². The summed E-state index contributed by atoms with van der Waals surface area (Å²) in [5, 5.41) is 31.8. The first kappa shape index (κ1) is 21.4. The molecule has 0 radical (unpaired) electrons. The highest BCUT2D eigenvalue weighted by Gasteiger charge is 2.62. The molecule has 0 saturated heterocycles. The topological polar surface area (TPSA) is 69.9 Å². The van der Waals surface area contributed by atoms with Crippen LogP contribution < -0.4 is 4.43 Å². The summed E-state index contributed by atoms with van der Waals surface area (Å²) in [5.74, 6) is 1.66. The van der Waals surface area contributed by atoms with E-state index in [1.165, 1.54) is 11.1 Å². The van der Waals surface area contributed by atoms with Crippen LogP contribution in [0, 0.1) is 17.3 Å². The van der Waals surface area contributed by atoms with E-state index in [0.717, 1.165) is 31.4 Å². The van der Waals surface area contributed by atoms with E-state index >= 15 is 0 Å². The minimum absolute atomic E-state index is 0.0393. The Morgan fingerprint density at radius 1 is 1.07 bits per heavy atom. The molecule has 0 bridgehead atoms. The molecule has 0 aromatic heterocycles. The average molecular weight is 419 g/mol. The fourth-order valence-electron chi connectivity index (χ4n) is 6.12. The molecule has 29 heavy (non-hydrogen) atoms. The summed E-state index contributed by atoms with van der Waals surface area (Å²) in [5.41, 5.74) is 2.37. The summed E-state index contributed by atoms with van der Waals surface area (Å²) in [4.78, 5) is 0. The minimum Gasteiger partial charge on any atom is -0.543 e. The van der Waals surface area contributed by atoms with Gasteiger partial charge in [-0.1, -0.05) is 33.8 Å². The van der Waals surface area contributed by atoms with Crippen molar-refractivity contribution in [1.82, 2.24) is 0 Å². The normalized spacial score (nSPS) is 39.5. The number of aryl methyl sites for hydroxylation is 1. The van der Waals surface area contributed by atoms with Gasteiger partial charge in [-0.15, -0.1) is 0 Å². The summed E-state index contributed by atoms with van der Waals surface area (Å²) in [6, 6.07) is 6.62. The second kappa shape index (κ2) is 6.81. The van der Waals surface area contributed by atoms with Crippen molar-refractivity contribution in [1.29, 1.82) is 0 Å². The van der Waals surface area contributed by atoms with Gasteiger partial charge in [0.1, 0.15) is 11.9 Å². The Labute approximate surface area is 176 Å². The van der Waals surface area contributed by atoms with E-state index in [1.54, 1.807) is 0 Å². The van der Waals surface area contributed by atoms with Crippen LogP contribution in [0.3, 0.4) is 0 Å². The molecular formula is C24H38O4Si. The fourth-order valence-corrected chi connectivity index (χ4v) is 7.15. The maximum atomic E-state index is 10.7. The number of benzene rings is 1. The zero-order valence-electron chi connectivity index (χ0n) is 18.8. The van der Waals surface area contributed by atoms with Crippen LogP contribution in [0.5, 0.6) is 5.75 Å². The second-order valence-corrected chi connectivity index (χ2v) is 16.3. The number of rotatable bonds is 2. The molecule has 0 spiro atoms. The summed E-state index contributed by atoms with van der Waals surface area (Å²) in [6.45, 7) is 13.4. The third kappa shape index (κ3) is 3.20. The number of fused-ring (bicyclic) bond motifs is 5. The highest BCUT2D eigenvalue weighted by atomic mass is 28.4. The molecule has 2 saturated carbocycles. The Bertz CT molecular complexity index is 786. The number of aliphatic hydroxyl groups is 3. The zero-order chi connectivity index (χ0) is 21.4. The van der Waals surface area contributed by atoms with Crippen LogP contribution in [0.1, 0.15) is 64.0 Å². The van der Waals surface area contributed by atoms with Gasteiger partial charge in [-0.2, -0.15) is 0 Å². The average Bonchev–Trinajstić information content (AvgIpc) is 2.80. The molecule has 3 aliphatic rings. The van der Waals surface area contributed by atoms with Gasteiger partial charge in [0.05, 0.1) is 12.2 Å². The van der Waals surface area contributed by atoms with Crippen LogP contribution in [-0.4, -0.2) is 41.9 Å². The van der Waals surface area contributed by atoms with Crippen LogP contribution in [0.25, 0.3) is 0 Å². The van der Waals surface area contributed by atoms with Crippen molar-refractivity contribution in [2.75, 3.05) is 0 Å². The van der Waals surface area contributed by atoms with Gasteiger partial charge in [-0.25, -0.2) is 0 Å². The lowest BCUT2D eigenvalue weighted by molar-refractivity contribution is -0.0505. The lowest BCUT2D eigenvalue weighted by Gasteiger charge is -2.50. The van der Waals surface area contributed by atoms with Gasteiger partial charge >= 0.3 is 0 Å². The fraction of sp³-hybridized carbons (Fsp3) is 0.750. The molecule has 1 aromatic rings. The molecule has 1 aromatic carbocycles. The first-order valence-electron chi connectivity index (χ1n) is 11.2. The van der Waals surface area contributed by atoms with E-state index in [-0.39, 0.29) is 16.4 Å². The summed E-state index contributed by atoms with van der Waals surface area (Å²) in [7, 11) is -1.87. The molecule has 7 atom stereocenters. The number of hydrogen-bond acceptors (Lipinski definition) is 4. The van der Waals surface area contributed by atoms with Crippen LogP contribution in [0.15, 0.2) is 18.2 Å². The second-order valence-electron chi connectivity index (χ2n) is 11.5. The molecule has 4 nitrogen and oxygen atoms in total. The number of hydrogen-bond donors (Lipinski definition) is 3. The molecule has 0 aliphatic heterocycles. The van der Waals surface area contributed by atoms with Crippen molar-refractivity contribution < 1.29 is 19.7 Å². The molecule has 3 N–H and O–H groups in total. The summed E-state index contributed by atoms with van der Waals surface area (Å²) < 4.78 is 6.53. The van der Waals surface area contributed by atoms with Crippen LogP contribution >= 0.6 is 0 Å². The summed E-state index contributed by atoms with van der Waals surface area (Å²) >= 11 is 0. The molecule has 5 heteroatoms. The van der Waals surface area contributed by atoms with E-state index in [1.807, 2.05) is 0 Å². The Morgan fingerprint density at radius 2 is 1.76 bits per heavy atom. The Balaban J connectivity index is 1.61. The molecule has 0 amide bonds. The van der Waals surface area contributed by atoms with Crippen molar-refractivity contribution in [2.24, 2.45) is 17.3 Å². The monoisotopic (exact) mass is 418 g/mol. The Kier molecular flexibility index (Phi) is 5.01. The predicted octanol–water partition coefficient (Wildman–Crippen LogP) is 4.23. The van der Waals surface area contributed by atoms with Gasteiger partial charge in [0.15, 0.2) is 0 Å². The summed E-state index contributed by atoms with van der Waals surface area (Å²) in [6.07, 6.45) is 1.13. The van der Waals surface area contributed by atoms with Crippen molar-refractivity contribution in [2.45, 2.75) is 95.7 Å². The lowest BCUT2D eigenvalue weighted by atomic mass is 9.55. The molecule has 0 unspecified atom stereocenters. The largest absolute Gasteiger partial charge is 0.543 e. The predicted molar refractivity (Wildman–Crippen MR) is 118 cm³/mol. The van der Waals surface area contributed by atoms with Crippen LogP contribution in [0.4, 0.5) is 0 Å². The molecule has 162 valence electrons. The lowest BCUT2D eigenvalue weighted by Crippen LogP contribution is -2.46. The SMILES string of the molecule is CC(C)(C)[Si](C)(C)Oc1ccc2c(c1)CC[C@H]1[C@@H]3[C@H](O)[C@H](O)[C@H](O)[C@@]3(C)CC[C@H]21. The third-order valence-electron chi connectivity index (χ3n) is 8.89. The Morgan fingerprint density at radius 3 is 2.41 bits per heavy atom. The van der Waals surface area contributed by atoms with E-state index in [4.69, 9.17) is 4.43 Å². The third-order valence-corrected chi connectivity index (χ3v) is 13.2. The molecule has 2 fully saturated rings. The van der Waals surface area contributed by atoms with Gasteiger partial charge in [-0.05, 0) is 84.8 Å². The van der Waals surface area contributed by atoms with Crippen molar-refractivity contribution >= 4 is 8.32 Å². The van der Waals surface area contributed by atoms with Crippen molar-refractivity contribution in [3.8, 4) is 5.75 Å². The smallest absolute Gasteiger partial charge is 0.250 e. The van der Waals surface area contributed by atoms with E-state index in [2.05, 4.69) is 59.0 Å². The maximum Gasteiger partial charge on any atom is 0.250 e. The van der Waals surface area contributed by atoms with E-state index in [9.17, 15) is 15.3 Å². The van der Waals surface area contributed by atoms with E-state index in [0.29, 0.717) is 11.8 Å². The highest BCUT2D eigenvalue weighted by Crippen LogP contribution is 2.61. The molecule has 4 rings (SSSR count). The van der Waals surface area contributed by atoms with Gasteiger partial charge < -0.3 is 19.7 Å². The standard InChI is InChI=1S/C24H38O4Si/c1-23(2,3)29(5,6)28-15-8-10-16-14(13-15)7-9-18-17(16)11-12-24(4)19(18)20(25)21(26)22(24)27/h8,10,13,17-22,25-27H,7,9,11-12H2,1-6H3/t17-,18-,19-,20+,21+,22+,24+/m1/s1. The van der Waals surface area contributed by atoms with Gasteiger partial charge in [0.25, 0.3) is 0 Å². The molecular weight excluding hydrogens is 380 g/mol. The van der Waals surface area contributed by atoms with Crippen molar-refractivity contribution in [3.63, 3.8) is 0 Å². The first-order valence-corrected chi connectivity index (χ1v) is 14.1. The number of aliphatic hydroxyl groups excluding tert-OH is 3. The van der Waals surface area contributed by atoms with Crippen LogP contribution in [-0.2, 0) is 6.42 Å². The molecule has 0 heterocycles. The highest BCUT2D eigenvalue weighted by molar-refractivity contribution is 6.74. The Hall–Kier alpha value is -0.883. The first-order chi connectivity index (χ1) is 13.4. The minimum atomic E-state index is -1.87.